The minimum atomic E-state index is -1.61. The zero-order valence-corrected chi connectivity index (χ0v) is 22.6. The molecule has 0 radical (unpaired) electrons. The Hall–Kier alpha value is -3.55. The minimum Gasteiger partial charge on any atom is -0.457 e. The maximum absolute atomic E-state index is 13.8. The largest absolute Gasteiger partial charge is 0.457 e. The van der Waals surface area contributed by atoms with E-state index in [9.17, 15) is 24.0 Å². The highest BCUT2D eigenvalue weighted by Crippen LogP contribution is 2.64. The summed E-state index contributed by atoms with van der Waals surface area (Å²) in [5.74, 6) is -2.33. The summed E-state index contributed by atoms with van der Waals surface area (Å²) in [7, 11) is 0. The Morgan fingerprint density at radius 1 is 0.947 bits per heavy atom. The van der Waals surface area contributed by atoms with Crippen molar-refractivity contribution in [2.24, 2.45) is 11.3 Å². The van der Waals surface area contributed by atoms with Crippen molar-refractivity contribution in [1.29, 1.82) is 0 Å². The van der Waals surface area contributed by atoms with Gasteiger partial charge in [0.05, 0.1) is 0 Å². The SMILES string of the molecule is CCC(=O)OCC(=O)[C@]1(OC(=O)CC)[C@H](C)C[C@H]2c3ccc4cc(OC(=O)CC)ccc4c3C(=O)C[C@@]21C. The number of esters is 3. The number of carbonyl (C=O) groups excluding carboxylic acids is 5. The second-order valence-electron chi connectivity index (χ2n) is 10.4. The van der Waals surface area contributed by atoms with Gasteiger partial charge in [-0.25, -0.2) is 0 Å². The van der Waals surface area contributed by atoms with Crippen molar-refractivity contribution in [3.63, 3.8) is 0 Å². The van der Waals surface area contributed by atoms with E-state index in [1.807, 2.05) is 26.0 Å². The number of ketones is 2. The molecular formula is C30H34O8. The fourth-order valence-corrected chi connectivity index (χ4v) is 6.42. The molecule has 0 saturated heterocycles. The van der Waals surface area contributed by atoms with E-state index in [1.54, 1.807) is 39.0 Å². The summed E-state index contributed by atoms with van der Waals surface area (Å²) in [6, 6.07) is 8.96. The molecule has 2 aliphatic rings. The number of carbonyl (C=O) groups is 5. The molecule has 0 bridgehead atoms. The fourth-order valence-electron chi connectivity index (χ4n) is 6.42. The molecule has 1 saturated carbocycles. The lowest BCUT2D eigenvalue weighted by atomic mass is 9.59. The lowest BCUT2D eigenvalue weighted by Gasteiger charge is -2.48. The van der Waals surface area contributed by atoms with E-state index in [4.69, 9.17) is 14.2 Å². The van der Waals surface area contributed by atoms with Crippen LogP contribution >= 0.6 is 0 Å². The van der Waals surface area contributed by atoms with Gasteiger partial charge in [0.2, 0.25) is 5.78 Å². The van der Waals surface area contributed by atoms with Crippen LogP contribution in [-0.4, -0.2) is 41.7 Å². The fraction of sp³-hybridized carbons (Fsp3) is 0.500. The van der Waals surface area contributed by atoms with Crippen LogP contribution in [0.1, 0.15) is 88.6 Å². The summed E-state index contributed by atoms with van der Waals surface area (Å²) in [5, 5.41) is 1.50. The van der Waals surface area contributed by atoms with E-state index in [2.05, 4.69) is 0 Å². The van der Waals surface area contributed by atoms with Crippen LogP contribution in [-0.2, 0) is 28.7 Å². The number of rotatable bonds is 8. The number of benzene rings is 2. The van der Waals surface area contributed by atoms with Gasteiger partial charge in [-0.3, -0.25) is 24.0 Å². The molecule has 1 fully saturated rings. The van der Waals surface area contributed by atoms with Gasteiger partial charge in [0, 0.05) is 42.6 Å². The topological polar surface area (TPSA) is 113 Å². The highest BCUT2D eigenvalue weighted by Gasteiger charge is 2.69. The van der Waals surface area contributed by atoms with Gasteiger partial charge in [0.15, 0.2) is 18.0 Å². The van der Waals surface area contributed by atoms with Crippen molar-refractivity contribution in [1.82, 2.24) is 0 Å². The van der Waals surface area contributed by atoms with Crippen LogP contribution in [0.2, 0.25) is 0 Å². The number of fused-ring (bicyclic) bond motifs is 5. The van der Waals surface area contributed by atoms with Gasteiger partial charge >= 0.3 is 17.9 Å². The van der Waals surface area contributed by atoms with Gasteiger partial charge in [0.25, 0.3) is 0 Å². The summed E-state index contributed by atoms with van der Waals surface area (Å²) in [6.07, 6.45) is 0.935. The quantitative estimate of drug-likeness (QED) is 0.348. The first kappa shape index (κ1) is 27.5. The van der Waals surface area contributed by atoms with Crippen molar-refractivity contribution >= 4 is 40.2 Å². The Morgan fingerprint density at radius 3 is 2.29 bits per heavy atom. The third-order valence-electron chi connectivity index (χ3n) is 8.26. The molecule has 0 N–H and O–H groups in total. The first-order chi connectivity index (χ1) is 18.0. The Bertz CT molecular complexity index is 1330. The van der Waals surface area contributed by atoms with Crippen LogP contribution in [0.3, 0.4) is 0 Å². The van der Waals surface area contributed by atoms with E-state index < -0.39 is 41.3 Å². The first-order valence-corrected chi connectivity index (χ1v) is 13.2. The monoisotopic (exact) mass is 522 g/mol. The molecule has 8 nitrogen and oxygen atoms in total. The van der Waals surface area contributed by atoms with Crippen LogP contribution in [0.4, 0.5) is 0 Å². The summed E-state index contributed by atoms with van der Waals surface area (Å²) in [4.78, 5) is 63.8. The lowest BCUT2D eigenvalue weighted by Crippen LogP contribution is -2.59. The predicted molar refractivity (Wildman–Crippen MR) is 139 cm³/mol. The molecule has 4 atom stereocenters. The summed E-state index contributed by atoms with van der Waals surface area (Å²) in [5.41, 5.74) is -1.26. The molecule has 2 aromatic carbocycles. The van der Waals surface area contributed by atoms with Crippen molar-refractivity contribution in [3.8, 4) is 5.75 Å². The third kappa shape index (κ3) is 4.29. The molecule has 0 amide bonds. The van der Waals surface area contributed by atoms with Crippen LogP contribution in [0, 0.1) is 11.3 Å². The highest BCUT2D eigenvalue weighted by atomic mass is 16.6. The zero-order valence-electron chi connectivity index (χ0n) is 22.6. The van der Waals surface area contributed by atoms with E-state index in [-0.39, 0.29) is 43.4 Å². The Morgan fingerprint density at radius 2 is 1.63 bits per heavy atom. The standard InChI is InChI=1S/C30H34O8/c1-6-25(33)36-16-24(32)30(38-27(35)8-3)17(4)13-22-21-11-9-18-14-19(37-26(34)7-2)10-12-20(18)28(21)23(31)15-29(22,30)5/h9-12,14,17,22H,6-8,13,15-16H2,1-5H3/t17-,22+,29+,30-/m1/s1. The van der Waals surface area contributed by atoms with Gasteiger partial charge in [-0.15, -0.1) is 0 Å². The second kappa shape index (κ2) is 10.3. The van der Waals surface area contributed by atoms with Crippen molar-refractivity contribution in [3.05, 3.63) is 41.5 Å². The Labute approximate surface area is 222 Å². The second-order valence-corrected chi connectivity index (χ2v) is 10.4. The van der Waals surface area contributed by atoms with Crippen LogP contribution < -0.4 is 4.74 Å². The van der Waals surface area contributed by atoms with Crippen LogP contribution in [0.5, 0.6) is 5.75 Å². The summed E-state index contributed by atoms with van der Waals surface area (Å²) >= 11 is 0. The van der Waals surface area contributed by atoms with Crippen molar-refractivity contribution in [2.75, 3.05) is 6.61 Å². The van der Waals surface area contributed by atoms with E-state index in [0.29, 0.717) is 17.7 Å². The Kier molecular flexibility index (Phi) is 7.46. The molecule has 2 aromatic rings. The third-order valence-corrected chi connectivity index (χ3v) is 8.26. The zero-order chi connectivity index (χ0) is 27.8. The maximum atomic E-state index is 13.8. The highest BCUT2D eigenvalue weighted by molar-refractivity contribution is 6.12. The average Bonchev–Trinajstić information content (AvgIpc) is 3.12. The van der Waals surface area contributed by atoms with Gasteiger partial charge < -0.3 is 14.2 Å². The van der Waals surface area contributed by atoms with Crippen molar-refractivity contribution < 1.29 is 38.2 Å². The van der Waals surface area contributed by atoms with Gasteiger partial charge in [-0.2, -0.15) is 0 Å². The molecule has 8 heteroatoms. The smallest absolute Gasteiger partial charge is 0.310 e. The van der Waals surface area contributed by atoms with E-state index >= 15 is 0 Å². The van der Waals surface area contributed by atoms with Crippen molar-refractivity contribution in [2.45, 2.75) is 78.2 Å². The van der Waals surface area contributed by atoms with E-state index in [1.165, 1.54) is 0 Å². The molecular weight excluding hydrogens is 488 g/mol. The predicted octanol–water partition coefficient (Wildman–Crippen LogP) is 5.09. The molecule has 2 aliphatic carbocycles. The van der Waals surface area contributed by atoms with Crippen LogP contribution in [0.15, 0.2) is 30.3 Å². The molecule has 0 unspecified atom stereocenters. The molecule has 0 aromatic heterocycles. The maximum Gasteiger partial charge on any atom is 0.310 e. The first-order valence-electron chi connectivity index (χ1n) is 13.2. The summed E-state index contributed by atoms with van der Waals surface area (Å²) < 4.78 is 16.5. The molecule has 38 heavy (non-hydrogen) atoms. The Balaban J connectivity index is 1.81. The lowest BCUT2D eigenvalue weighted by molar-refractivity contribution is -0.189. The molecule has 0 aliphatic heterocycles. The van der Waals surface area contributed by atoms with Gasteiger partial charge in [-0.1, -0.05) is 46.8 Å². The van der Waals surface area contributed by atoms with E-state index in [0.717, 1.165) is 16.3 Å². The molecule has 0 spiro atoms. The average molecular weight is 523 g/mol. The molecule has 0 heterocycles. The molecule has 4 rings (SSSR count). The number of hydrogen-bond acceptors (Lipinski definition) is 8. The normalized spacial score (nSPS) is 25.9. The van der Waals surface area contributed by atoms with Gasteiger partial charge in [0.1, 0.15) is 5.75 Å². The van der Waals surface area contributed by atoms with Gasteiger partial charge in [-0.05, 0) is 46.9 Å². The van der Waals surface area contributed by atoms with Crippen LogP contribution in [0.25, 0.3) is 10.8 Å². The summed E-state index contributed by atoms with van der Waals surface area (Å²) in [6.45, 7) is 8.17. The number of Topliss-reactive ketones (excluding diaryl/α,β-unsaturated/α-hetero) is 2. The number of ether oxygens (including phenoxy) is 3. The molecule has 202 valence electrons. The number of hydrogen-bond donors (Lipinski definition) is 0. The minimum absolute atomic E-state index is 0.00878.